The highest BCUT2D eigenvalue weighted by molar-refractivity contribution is 6.36. The molecule has 2 N–H and O–H groups in total. The largest absolute Gasteiger partial charge is 0.345 e. The molecule has 5 nitrogen and oxygen atoms in total. The number of amides is 1. The highest BCUT2D eigenvalue weighted by Gasteiger charge is 2.16. The predicted molar refractivity (Wildman–Crippen MR) is 80.7 cm³/mol. The zero-order valence-electron chi connectivity index (χ0n) is 12.5. The van der Waals surface area contributed by atoms with Gasteiger partial charge in [0.05, 0.1) is 0 Å². The zero-order valence-corrected chi connectivity index (χ0v) is 12.5. The average Bonchev–Trinajstić information content (AvgIpc) is 2.49. The molecule has 0 saturated heterocycles. The lowest BCUT2D eigenvalue weighted by Crippen LogP contribution is -2.33. The first-order chi connectivity index (χ1) is 10.0. The molecule has 1 atom stereocenters. The Balaban J connectivity index is 2.34. The van der Waals surface area contributed by atoms with Gasteiger partial charge in [0.1, 0.15) is 5.78 Å². The van der Waals surface area contributed by atoms with Crippen molar-refractivity contribution in [1.29, 1.82) is 0 Å². The number of benzene rings is 1. The van der Waals surface area contributed by atoms with E-state index in [1.54, 1.807) is 7.05 Å². The lowest BCUT2D eigenvalue weighted by Gasteiger charge is -2.13. The van der Waals surface area contributed by atoms with E-state index in [4.69, 9.17) is 0 Å². The summed E-state index contributed by atoms with van der Waals surface area (Å²) in [6, 6.07) is 9.35. The minimum Gasteiger partial charge on any atom is -0.345 e. The van der Waals surface area contributed by atoms with Gasteiger partial charge in [0.25, 0.3) is 5.91 Å². The average molecular weight is 290 g/mol. The van der Waals surface area contributed by atoms with Crippen LogP contribution in [0.1, 0.15) is 31.7 Å². The number of ketones is 2. The summed E-state index contributed by atoms with van der Waals surface area (Å²) in [6.07, 6.45) is 0.989. The molecule has 0 fully saturated rings. The van der Waals surface area contributed by atoms with Crippen molar-refractivity contribution in [2.24, 2.45) is 0 Å². The monoisotopic (exact) mass is 290 g/mol. The second-order valence-corrected chi connectivity index (χ2v) is 5.02. The molecule has 0 aliphatic heterocycles. The van der Waals surface area contributed by atoms with E-state index < -0.39 is 11.7 Å². The van der Waals surface area contributed by atoms with Gasteiger partial charge in [-0.1, -0.05) is 30.3 Å². The van der Waals surface area contributed by atoms with Gasteiger partial charge in [-0.25, -0.2) is 0 Å². The van der Waals surface area contributed by atoms with Crippen LogP contribution in [0, 0.1) is 0 Å². The smallest absolute Gasteiger partial charge is 0.287 e. The fourth-order valence-electron chi connectivity index (χ4n) is 1.99. The second-order valence-electron chi connectivity index (χ2n) is 5.02. The van der Waals surface area contributed by atoms with Crippen LogP contribution in [-0.4, -0.2) is 30.6 Å². The molecule has 0 bridgehead atoms. The Kier molecular flexibility index (Phi) is 7.32. The van der Waals surface area contributed by atoms with Crippen LogP contribution in [0.2, 0.25) is 0 Å². The van der Waals surface area contributed by atoms with Crippen molar-refractivity contribution >= 4 is 17.5 Å². The Morgan fingerprint density at radius 2 is 1.81 bits per heavy atom. The third-order valence-corrected chi connectivity index (χ3v) is 3.21. The van der Waals surface area contributed by atoms with Gasteiger partial charge in [-0.05, 0) is 26.0 Å². The normalized spacial score (nSPS) is 11.7. The maximum absolute atomic E-state index is 11.7. The van der Waals surface area contributed by atoms with E-state index in [2.05, 4.69) is 10.6 Å². The Bertz CT molecular complexity index is 486. The fourth-order valence-corrected chi connectivity index (χ4v) is 1.99. The molecule has 0 aliphatic rings. The highest BCUT2D eigenvalue weighted by atomic mass is 16.2. The molecule has 1 amide bonds. The lowest BCUT2D eigenvalue weighted by molar-refractivity contribution is -0.138. The summed E-state index contributed by atoms with van der Waals surface area (Å²) < 4.78 is 0. The van der Waals surface area contributed by atoms with Gasteiger partial charge < -0.3 is 10.6 Å². The molecule has 5 heteroatoms. The van der Waals surface area contributed by atoms with Gasteiger partial charge in [-0.2, -0.15) is 0 Å². The van der Waals surface area contributed by atoms with E-state index in [0.717, 1.165) is 5.56 Å². The van der Waals surface area contributed by atoms with Crippen molar-refractivity contribution in [2.75, 3.05) is 7.05 Å². The first kappa shape index (κ1) is 17.0. The van der Waals surface area contributed by atoms with Crippen LogP contribution in [0.15, 0.2) is 30.3 Å². The Hall–Kier alpha value is -2.01. The standard InChI is InChI=1S/C16H22N2O3/c1-12(19)10-14(17-2)8-9-15(20)16(21)18-11-13-6-4-3-5-7-13/h3-7,14,17H,8-11H2,1-2H3,(H,18,21)/t14-/m0/s1. The molecular formula is C16H22N2O3. The Labute approximate surface area is 125 Å². The van der Waals surface area contributed by atoms with E-state index in [-0.39, 0.29) is 18.2 Å². The lowest BCUT2D eigenvalue weighted by atomic mass is 10.0. The van der Waals surface area contributed by atoms with E-state index in [0.29, 0.717) is 19.4 Å². The van der Waals surface area contributed by atoms with Crippen molar-refractivity contribution in [3.63, 3.8) is 0 Å². The summed E-state index contributed by atoms with van der Waals surface area (Å²) in [5.41, 5.74) is 0.948. The third kappa shape index (κ3) is 6.81. The molecule has 0 aliphatic carbocycles. The molecular weight excluding hydrogens is 268 g/mol. The summed E-state index contributed by atoms with van der Waals surface area (Å²) in [5, 5.41) is 5.59. The quantitative estimate of drug-likeness (QED) is 0.671. The van der Waals surface area contributed by atoms with Crippen molar-refractivity contribution in [3.05, 3.63) is 35.9 Å². The van der Waals surface area contributed by atoms with Crippen molar-refractivity contribution in [3.8, 4) is 0 Å². The van der Waals surface area contributed by atoms with Crippen LogP contribution in [0.4, 0.5) is 0 Å². The maximum Gasteiger partial charge on any atom is 0.287 e. The zero-order chi connectivity index (χ0) is 15.7. The Morgan fingerprint density at radius 3 is 2.38 bits per heavy atom. The third-order valence-electron chi connectivity index (χ3n) is 3.21. The molecule has 1 rings (SSSR count). The van der Waals surface area contributed by atoms with Crippen LogP contribution in [0.3, 0.4) is 0 Å². The molecule has 0 heterocycles. The number of carbonyl (C=O) groups excluding carboxylic acids is 3. The Morgan fingerprint density at radius 1 is 1.14 bits per heavy atom. The summed E-state index contributed by atoms with van der Waals surface area (Å²) in [7, 11) is 1.74. The number of hydrogen-bond donors (Lipinski definition) is 2. The van der Waals surface area contributed by atoms with E-state index in [9.17, 15) is 14.4 Å². The van der Waals surface area contributed by atoms with Crippen molar-refractivity contribution in [2.45, 2.75) is 38.8 Å². The van der Waals surface area contributed by atoms with Crippen molar-refractivity contribution < 1.29 is 14.4 Å². The van der Waals surface area contributed by atoms with Gasteiger partial charge >= 0.3 is 0 Å². The molecule has 0 saturated carbocycles. The molecule has 1 aromatic carbocycles. The van der Waals surface area contributed by atoms with E-state index in [1.807, 2.05) is 30.3 Å². The van der Waals surface area contributed by atoms with E-state index in [1.165, 1.54) is 6.92 Å². The highest BCUT2D eigenvalue weighted by Crippen LogP contribution is 2.04. The van der Waals surface area contributed by atoms with Crippen LogP contribution < -0.4 is 10.6 Å². The van der Waals surface area contributed by atoms with Crippen LogP contribution >= 0.6 is 0 Å². The SMILES string of the molecule is CN[C@@H](CCC(=O)C(=O)NCc1ccccc1)CC(C)=O. The number of nitrogens with one attached hydrogen (secondary N) is 2. The van der Waals surface area contributed by atoms with Gasteiger partial charge in [-0.3, -0.25) is 14.4 Å². The first-order valence-electron chi connectivity index (χ1n) is 7.04. The van der Waals surface area contributed by atoms with Crippen molar-refractivity contribution in [1.82, 2.24) is 10.6 Å². The maximum atomic E-state index is 11.7. The molecule has 0 aromatic heterocycles. The van der Waals surface area contributed by atoms with Crippen LogP contribution in [0.25, 0.3) is 0 Å². The fraction of sp³-hybridized carbons (Fsp3) is 0.438. The second kappa shape index (κ2) is 9.02. The summed E-state index contributed by atoms with van der Waals surface area (Å²) >= 11 is 0. The van der Waals surface area contributed by atoms with Gasteiger partial charge in [-0.15, -0.1) is 0 Å². The minimum atomic E-state index is -0.573. The number of Topliss-reactive ketones (excluding diaryl/α,β-unsaturated/α-hetero) is 2. The topological polar surface area (TPSA) is 75.3 Å². The minimum absolute atomic E-state index is 0.0617. The molecule has 21 heavy (non-hydrogen) atoms. The summed E-state index contributed by atoms with van der Waals surface area (Å²) in [4.78, 5) is 34.5. The first-order valence-corrected chi connectivity index (χ1v) is 7.04. The molecule has 114 valence electrons. The molecule has 0 spiro atoms. The summed E-state index contributed by atoms with van der Waals surface area (Å²) in [6.45, 7) is 1.85. The summed E-state index contributed by atoms with van der Waals surface area (Å²) in [5.74, 6) is -0.957. The number of carbonyl (C=O) groups is 3. The van der Waals surface area contributed by atoms with Gasteiger partial charge in [0.15, 0.2) is 0 Å². The van der Waals surface area contributed by atoms with Crippen LogP contribution in [0.5, 0.6) is 0 Å². The number of hydrogen-bond acceptors (Lipinski definition) is 4. The van der Waals surface area contributed by atoms with Gasteiger partial charge in [0, 0.05) is 25.4 Å². The molecule has 1 aromatic rings. The van der Waals surface area contributed by atoms with Crippen LogP contribution in [-0.2, 0) is 20.9 Å². The molecule has 0 radical (unpaired) electrons. The molecule has 0 unspecified atom stereocenters. The number of rotatable bonds is 9. The van der Waals surface area contributed by atoms with Gasteiger partial charge in [0.2, 0.25) is 5.78 Å². The van der Waals surface area contributed by atoms with E-state index >= 15 is 0 Å². The predicted octanol–water partition coefficient (Wildman–Crippen LogP) is 1.22.